The fourth-order valence-electron chi connectivity index (χ4n) is 4.41. The van der Waals surface area contributed by atoms with Crippen molar-refractivity contribution >= 4 is 33.9 Å². The third-order valence-corrected chi connectivity index (χ3v) is 7.27. The number of hydrogen-bond donors (Lipinski definition) is 1. The Labute approximate surface area is 226 Å². The van der Waals surface area contributed by atoms with E-state index in [1.165, 1.54) is 11.3 Å². The molecule has 0 atom stereocenters. The number of hydrogen-bond acceptors (Lipinski definition) is 9. The van der Waals surface area contributed by atoms with E-state index in [0.29, 0.717) is 27.6 Å². The van der Waals surface area contributed by atoms with E-state index in [1.54, 1.807) is 40.4 Å². The third kappa shape index (κ3) is 6.20. The minimum absolute atomic E-state index is 0.175. The Kier molecular flexibility index (Phi) is 9.09. The van der Waals surface area contributed by atoms with Crippen LogP contribution >= 0.6 is 11.3 Å². The van der Waals surface area contributed by atoms with Gasteiger partial charge in [0.15, 0.2) is 11.5 Å². The number of methoxy groups -OCH3 is 3. The molecule has 38 heavy (non-hydrogen) atoms. The second-order valence-corrected chi connectivity index (χ2v) is 9.54. The molecule has 2 heterocycles. The van der Waals surface area contributed by atoms with Crippen molar-refractivity contribution in [2.24, 2.45) is 0 Å². The number of carbonyl (C=O) groups is 2. The van der Waals surface area contributed by atoms with Crippen LogP contribution in [0.5, 0.6) is 17.2 Å². The topological polar surface area (TPSA) is 89.6 Å². The van der Waals surface area contributed by atoms with Crippen LogP contribution in [0.2, 0.25) is 0 Å². The molecule has 1 saturated heterocycles. The van der Waals surface area contributed by atoms with Crippen LogP contribution in [0.1, 0.15) is 17.3 Å². The lowest BCUT2D eigenvalue weighted by Crippen LogP contribution is -2.48. The van der Waals surface area contributed by atoms with E-state index in [1.807, 2.05) is 29.6 Å². The summed E-state index contributed by atoms with van der Waals surface area (Å²) in [5, 5.41) is 5.26. The third-order valence-electron chi connectivity index (χ3n) is 6.38. The lowest BCUT2D eigenvalue weighted by atomic mass is 10.0. The molecule has 1 aliphatic rings. The highest BCUT2D eigenvalue weighted by molar-refractivity contribution is 7.15. The van der Waals surface area contributed by atoms with Gasteiger partial charge in [0.1, 0.15) is 16.3 Å². The van der Waals surface area contributed by atoms with E-state index >= 15 is 0 Å². The van der Waals surface area contributed by atoms with Gasteiger partial charge in [-0.2, -0.15) is 0 Å². The number of piperazine rings is 1. The Bertz CT molecular complexity index is 1270. The predicted molar refractivity (Wildman–Crippen MR) is 149 cm³/mol. The number of nitrogens with one attached hydrogen (secondary N) is 1. The van der Waals surface area contributed by atoms with Gasteiger partial charge in [-0.05, 0) is 36.8 Å². The molecule has 4 rings (SSSR count). The summed E-state index contributed by atoms with van der Waals surface area (Å²) in [5.74, 6) is 1.30. The van der Waals surface area contributed by atoms with Gasteiger partial charge in [0, 0.05) is 48.9 Å². The molecule has 9 nitrogen and oxygen atoms in total. The van der Waals surface area contributed by atoms with Crippen LogP contribution in [0.3, 0.4) is 0 Å². The van der Waals surface area contributed by atoms with Crippen molar-refractivity contribution in [3.05, 3.63) is 53.4 Å². The fourth-order valence-corrected chi connectivity index (χ4v) is 5.39. The number of esters is 1. The SMILES string of the molecule is CCOC(=O)c1c(-c2ccc(OC)c(OC)c2)csc1NC(=O)CN1CCN(c2cccc(OC)c2)CC1. The first-order valence-corrected chi connectivity index (χ1v) is 13.3. The summed E-state index contributed by atoms with van der Waals surface area (Å²) in [7, 11) is 4.79. The van der Waals surface area contributed by atoms with Crippen molar-refractivity contribution in [1.29, 1.82) is 0 Å². The van der Waals surface area contributed by atoms with E-state index in [2.05, 4.69) is 21.2 Å². The molecule has 1 amide bonds. The van der Waals surface area contributed by atoms with Crippen molar-refractivity contribution in [3.8, 4) is 28.4 Å². The van der Waals surface area contributed by atoms with Gasteiger partial charge in [0.2, 0.25) is 5.91 Å². The molecule has 0 aliphatic carbocycles. The summed E-state index contributed by atoms with van der Waals surface area (Å²) in [6, 6.07) is 13.4. The summed E-state index contributed by atoms with van der Waals surface area (Å²) in [5.41, 5.74) is 2.86. The molecular weight excluding hydrogens is 506 g/mol. The first-order chi connectivity index (χ1) is 18.5. The Morgan fingerprint density at radius 2 is 1.71 bits per heavy atom. The van der Waals surface area contributed by atoms with Crippen molar-refractivity contribution in [3.63, 3.8) is 0 Å². The minimum Gasteiger partial charge on any atom is -0.497 e. The van der Waals surface area contributed by atoms with Crippen LogP contribution in [-0.2, 0) is 9.53 Å². The maximum absolute atomic E-state index is 13.0. The first-order valence-electron chi connectivity index (χ1n) is 12.4. The Morgan fingerprint density at radius 1 is 0.947 bits per heavy atom. The van der Waals surface area contributed by atoms with Crippen molar-refractivity contribution in [2.75, 3.05) is 70.9 Å². The predicted octanol–water partition coefficient (Wildman–Crippen LogP) is 4.38. The summed E-state index contributed by atoms with van der Waals surface area (Å²) in [6.45, 7) is 5.31. The summed E-state index contributed by atoms with van der Waals surface area (Å²) in [6.07, 6.45) is 0. The molecule has 0 radical (unpaired) electrons. The second-order valence-electron chi connectivity index (χ2n) is 8.66. The Balaban J connectivity index is 1.45. The molecule has 10 heteroatoms. The zero-order chi connectivity index (χ0) is 27.1. The van der Waals surface area contributed by atoms with Gasteiger partial charge in [-0.1, -0.05) is 12.1 Å². The quantitative estimate of drug-likeness (QED) is 0.380. The van der Waals surface area contributed by atoms with Crippen LogP contribution in [-0.4, -0.2) is 77.4 Å². The first kappa shape index (κ1) is 27.3. The van der Waals surface area contributed by atoms with Crippen molar-refractivity contribution in [1.82, 2.24) is 4.90 Å². The average molecular weight is 540 g/mol. The number of nitrogens with zero attached hydrogens (tertiary/aromatic N) is 2. The van der Waals surface area contributed by atoms with Crippen LogP contribution in [0.25, 0.3) is 11.1 Å². The molecule has 1 aliphatic heterocycles. The number of ether oxygens (including phenoxy) is 4. The molecule has 0 bridgehead atoms. The summed E-state index contributed by atoms with van der Waals surface area (Å²) < 4.78 is 21.4. The van der Waals surface area contributed by atoms with E-state index in [4.69, 9.17) is 18.9 Å². The van der Waals surface area contributed by atoms with Gasteiger partial charge in [-0.25, -0.2) is 4.79 Å². The molecule has 1 N–H and O–H groups in total. The largest absolute Gasteiger partial charge is 0.497 e. The van der Waals surface area contributed by atoms with Gasteiger partial charge >= 0.3 is 5.97 Å². The fraction of sp³-hybridized carbons (Fsp3) is 0.357. The van der Waals surface area contributed by atoms with E-state index in [0.717, 1.165) is 43.2 Å². The molecule has 0 unspecified atom stereocenters. The molecule has 1 aromatic heterocycles. The van der Waals surface area contributed by atoms with E-state index in [-0.39, 0.29) is 19.1 Å². The molecule has 0 spiro atoms. The van der Waals surface area contributed by atoms with Gasteiger partial charge < -0.3 is 29.2 Å². The second kappa shape index (κ2) is 12.7. The highest BCUT2D eigenvalue weighted by atomic mass is 32.1. The van der Waals surface area contributed by atoms with Crippen molar-refractivity contribution in [2.45, 2.75) is 6.92 Å². The highest BCUT2D eigenvalue weighted by Crippen LogP contribution is 2.39. The van der Waals surface area contributed by atoms with Gasteiger partial charge in [0.25, 0.3) is 0 Å². The molecule has 3 aromatic rings. The number of thiophene rings is 1. The number of benzene rings is 2. The number of carbonyl (C=O) groups excluding carboxylic acids is 2. The van der Waals surface area contributed by atoms with Gasteiger partial charge in [-0.15, -0.1) is 11.3 Å². The maximum atomic E-state index is 13.0. The van der Waals surface area contributed by atoms with Crippen molar-refractivity contribution < 1.29 is 28.5 Å². The molecular formula is C28H33N3O6S. The van der Waals surface area contributed by atoms with E-state index in [9.17, 15) is 9.59 Å². The number of amides is 1. The highest BCUT2D eigenvalue weighted by Gasteiger charge is 2.25. The average Bonchev–Trinajstić information content (AvgIpc) is 3.36. The molecule has 1 fully saturated rings. The van der Waals surface area contributed by atoms with Crippen LogP contribution in [0.15, 0.2) is 47.8 Å². The number of rotatable bonds is 10. The normalized spacial score (nSPS) is 13.6. The zero-order valence-electron chi connectivity index (χ0n) is 22.1. The van der Waals surface area contributed by atoms with Crippen LogP contribution in [0, 0.1) is 0 Å². The molecule has 2 aromatic carbocycles. The van der Waals surface area contributed by atoms with Gasteiger partial charge in [0.05, 0.1) is 34.5 Å². The smallest absolute Gasteiger partial charge is 0.341 e. The Morgan fingerprint density at radius 3 is 2.39 bits per heavy atom. The zero-order valence-corrected chi connectivity index (χ0v) is 22.9. The maximum Gasteiger partial charge on any atom is 0.341 e. The Hall–Kier alpha value is -3.76. The molecule has 0 saturated carbocycles. The lowest BCUT2D eigenvalue weighted by Gasteiger charge is -2.35. The lowest BCUT2D eigenvalue weighted by molar-refractivity contribution is -0.117. The monoisotopic (exact) mass is 539 g/mol. The summed E-state index contributed by atoms with van der Waals surface area (Å²) in [4.78, 5) is 30.3. The van der Waals surface area contributed by atoms with Crippen LogP contribution in [0.4, 0.5) is 10.7 Å². The van der Waals surface area contributed by atoms with Gasteiger partial charge in [-0.3, -0.25) is 9.69 Å². The standard InChI is InChI=1S/C28H33N3O6S/c1-5-37-28(33)26-22(19-9-10-23(35-3)24(15-19)36-4)18-38-27(26)29-25(32)17-30-11-13-31(14-12-30)20-7-6-8-21(16-20)34-2/h6-10,15-16,18H,5,11-14,17H2,1-4H3,(H,29,32). The molecule has 202 valence electrons. The van der Waals surface area contributed by atoms with E-state index < -0.39 is 5.97 Å². The minimum atomic E-state index is -0.485. The summed E-state index contributed by atoms with van der Waals surface area (Å²) >= 11 is 1.30. The van der Waals surface area contributed by atoms with Crippen LogP contribution < -0.4 is 24.4 Å². The number of anilines is 2.